The Balaban J connectivity index is 4.66. The summed E-state index contributed by atoms with van der Waals surface area (Å²) in [7, 11) is 0. The minimum Gasteiger partial charge on any atom is -0.298 e. The number of hydrogen-bond acceptors (Lipinski definition) is 1. The van der Waals surface area contributed by atoms with Crippen LogP contribution in [-0.2, 0) is 0 Å². The summed E-state index contributed by atoms with van der Waals surface area (Å²) in [5, 5.41) is 0. The number of aldehydes is 1. The number of halogens is 2. The van der Waals surface area contributed by atoms with Crippen molar-refractivity contribution in [2.24, 2.45) is 21.7 Å². The number of benzene rings is 1. The highest BCUT2D eigenvalue weighted by Crippen LogP contribution is 2.32. The van der Waals surface area contributed by atoms with Crippen LogP contribution in [-0.4, -0.2) is 6.29 Å². The van der Waals surface area contributed by atoms with E-state index in [0.717, 1.165) is 6.29 Å². The highest BCUT2D eigenvalue weighted by molar-refractivity contribution is 9.28. The number of rotatable bonds is 2. The van der Waals surface area contributed by atoms with Crippen LogP contribution >= 0.6 is 31.9 Å². The Labute approximate surface area is 236 Å². The first-order valence-corrected chi connectivity index (χ1v) is 13.6. The first-order chi connectivity index (χ1) is 16.1. The van der Waals surface area contributed by atoms with Gasteiger partial charge in [-0.3, -0.25) is 4.79 Å². The van der Waals surface area contributed by atoms with Crippen LogP contribution in [0.2, 0.25) is 0 Å². The van der Waals surface area contributed by atoms with E-state index in [4.69, 9.17) is 0 Å². The van der Waals surface area contributed by atoms with Crippen LogP contribution in [0.3, 0.4) is 0 Å². The summed E-state index contributed by atoms with van der Waals surface area (Å²) in [6.45, 7) is 24.7. The molecule has 0 heterocycles. The topological polar surface area (TPSA) is 17.1 Å². The number of carbonyl (C=O) groups is 1. The van der Waals surface area contributed by atoms with Crippen molar-refractivity contribution in [3.05, 3.63) is 36.8 Å². The van der Waals surface area contributed by atoms with Crippen molar-refractivity contribution in [1.29, 1.82) is 0 Å². The summed E-state index contributed by atoms with van der Waals surface area (Å²) in [6.07, 6.45) is 2.70. The zero-order valence-corrected chi connectivity index (χ0v) is 27.0. The molecule has 0 saturated heterocycles. The first-order valence-electron chi connectivity index (χ1n) is 12.0. The minimum absolute atomic E-state index is 0.240. The second-order valence-electron chi connectivity index (χ2n) is 12.9. The summed E-state index contributed by atoms with van der Waals surface area (Å²) in [5.41, 5.74) is 2.76. The second kappa shape index (κ2) is 11.9. The van der Waals surface area contributed by atoms with Crippen molar-refractivity contribution in [3.8, 4) is 47.4 Å². The van der Waals surface area contributed by atoms with Gasteiger partial charge in [0, 0.05) is 38.4 Å². The number of carbonyl (C=O) groups excluding carboxylic acids is 1. The SMILES string of the molecule is CC(C)(C)C#Cc1c(C#CC(C)(C)C)c(C#CC(C)(C)C)c(C=C(Br)Br)c(C=O)c1C#CC(C)(C)C. The quantitative estimate of drug-likeness (QED) is 0.241. The Kier molecular flexibility index (Phi) is 10.5. The lowest BCUT2D eigenvalue weighted by Gasteiger charge is -2.16. The molecule has 0 aromatic heterocycles. The maximum absolute atomic E-state index is 12.6. The monoisotopic (exact) mass is 608 g/mol. The highest BCUT2D eigenvalue weighted by atomic mass is 79.9. The van der Waals surface area contributed by atoms with E-state index in [-0.39, 0.29) is 21.7 Å². The molecule has 190 valence electrons. The summed E-state index contributed by atoms with van der Waals surface area (Å²) in [5.74, 6) is 26.8. The van der Waals surface area contributed by atoms with Crippen LogP contribution in [0.1, 0.15) is 121 Å². The zero-order valence-electron chi connectivity index (χ0n) is 23.8. The molecule has 1 nitrogen and oxygen atoms in total. The van der Waals surface area contributed by atoms with Gasteiger partial charge in [-0.25, -0.2) is 0 Å². The molecule has 3 heteroatoms. The maximum Gasteiger partial charge on any atom is 0.152 e. The minimum atomic E-state index is -0.261. The Morgan fingerprint density at radius 3 is 1.06 bits per heavy atom. The van der Waals surface area contributed by atoms with Crippen LogP contribution in [0.4, 0.5) is 0 Å². The molecular formula is C33H38Br2O. The lowest BCUT2D eigenvalue weighted by Crippen LogP contribution is -2.09. The van der Waals surface area contributed by atoms with Gasteiger partial charge in [-0.1, -0.05) is 47.4 Å². The van der Waals surface area contributed by atoms with Crippen molar-refractivity contribution in [2.45, 2.75) is 83.1 Å². The van der Waals surface area contributed by atoms with Crippen molar-refractivity contribution >= 4 is 44.2 Å². The predicted molar refractivity (Wildman–Crippen MR) is 163 cm³/mol. The average Bonchev–Trinajstić information content (AvgIpc) is 2.65. The smallest absolute Gasteiger partial charge is 0.152 e. The predicted octanol–water partition coefficient (Wildman–Crippen LogP) is 9.18. The van der Waals surface area contributed by atoms with Gasteiger partial charge in [-0.15, -0.1) is 0 Å². The first kappa shape index (κ1) is 31.9. The number of hydrogen-bond donors (Lipinski definition) is 0. The fourth-order valence-corrected chi connectivity index (χ4v) is 3.14. The molecule has 0 atom stereocenters. The van der Waals surface area contributed by atoms with Crippen molar-refractivity contribution in [3.63, 3.8) is 0 Å². The summed E-state index contributed by atoms with van der Waals surface area (Å²) in [4.78, 5) is 12.6. The van der Waals surface area contributed by atoms with Gasteiger partial charge in [0.1, 0.15) is 0 Å². The van der Waals surface area contributed by atoms with Crippen molar-refractivity contribution in [1.82, 2.24) is 0 Å². The molecule has 0 aliphatic carbocycles. The van der Waals surface area contributed by atoms with E-state index in [1.807, 2.05) is 26.8 Å². The molecule has 0 spiro atoms. The van der Waals surface area contributed by atoms with Crippen molar-refractivity contribution in [2.75, 3.05) is 0 Å². The van der Waals surface area contributed by atoms with E-state index in [9.17, 15) is 4.79 Å². The summed E-state index contributed by atoms with van der Waals surface area (Å²) < 4.78 is 0.690. The average molecular weight is 610 g/mol. The molecule has 1 aromatic carbocycles. The van der Waals surface area contributed by atoms with Gasteiger partial charge in [0.15, 0.2) is 6.29 Å². The molecule has 1 rings (SSSR count). The second-order valence-corrected chi connectivity index (χ2v) is 15.7. The van der Waals surface area contributed by atoms with E-state index in [1.54, 1.807) is 0 Å². The highest BCUT2D eigenvalue weighted by Gasteiger charge is 2.22. The molecule has 0 radical (unpaired) electrons. The van der Waals surface area contributed by atoms with Crippen molar-refractivity contribution < 1.29 is 4.79 Å². The van der Waals surface area contributed by atoms with Crippen LogP contribution in [0.25, 0.3) is 6.08 Å². The Bertz CT molecular complexity index is 1290. The van der Waals surface area contributed by atoms with Crippen LogP contribution in [0.15, 0.2) is 3.39 Å². The molecule has 0 bridgehead atoms. The fraction of sp³-hybridized carbons (Fsp3) is 0.485. The van der Waals surface area contributed by atoms with E-state index >= 15 is 0 Å². The Morgan fingerprint density at radius 1 is 0.528 bits per heavy atom. The molecule has 0 aliphatic rings. The van der Waals surface area contributed by atoms with Crippen LogP contribution < -0.4 is 0 Å². The zero-order chi connectivity index (χ0) is 28.1. The van der Waals surface area contributed by atoms with Gasteiger partial charge in [0.2, 0.25) is 0 Å². The third kappa shape index (κ3) is 11.3. The van der Waals surface area contributed by atoms with Gasteiger partial charge < -0.3 is 0 Å². The van der Waals surface area contributed by atoms with Gasteiger partial charge in [-0.05, 0) is 121 Å². The molecule has 1 aromatic rings. The fourth-order valence-electron chi connectivity index (χ4n) is 2.68. The summed E-state index contributed by atoms with van der Waals surface area (Å²) >= 11 is 6.96. The molecule has 0 amide bonds. The molecule has 0 unspecified atom stereocenters. The standard InChI is InChI=1S/C33H38Br2O/c1-30(2,3)17-13-23-24(14-18-31(4,5)6)26(16-20-33(10,11)12)28(22-36)27(21-29(34)35)25(23)15-19-32(7,8)9/h21-22H,1-12H3. The molecular weight excluding hydrogens is 572 g/mol. The Morgan fingerprint density at radius 2 is 0.806 bits per heavy atom. The van der Waals surface area contributed by atoms with Gasteiger partial charge in [0.05, 0.1) is 20.1 Å². The van der Waals surface area contributed by atoms with Crippen LogP contribution in [0, 0.1) is 69.0 Å². The maximum atomic E-state index is 12.6. The van der Waals surface area contributed by atoms with Gasteiger partial charge >= 0.3 is 0 Å². The molecule has 0 N–H and O–H groups in total. The summed E-state index contributed by atoms with van der Waals surface area (Å²) in [6, 6.07) is 0. The third-order valence-electron chi connectivity index (χ3n) is 4.20. The van der Waals surface area contributed by atoms with E-state index < -0.39 is 0 Å². The lowest BCUT2D eigenvalue weighted by atomic mass is 9.84. The third-order valence-corrected chi connectivity index (χ3v) is 4.66. The Hall–Kier alpha value is -2.17. The van der Waals surface area contributed by atoms with E-state index in [2.05, 4.69) is 142 Å². The molecule has 0 saturated carbocycles. The van der Waals surface area contributed by atoms with E-state index in [0.29, 0.717) is 36.8 Å². The molecule has 0 fully saturated rings. The van der Waals surface area contributed by atoms with Crippen LogP contribution in [0.5, 0.6) is 0 Å². The molecule has 0 aliphatic heterocycles. The van der Waals surface area contributed by atoms with E-state index in [1.165, 1.54) is 0 Å². The molecule has 36 heavy (non-hydrogen) atoms. The van der Waals surface area contributed by atoms with Gasteiger partial charge in [-0.2, -0.15) is 0 Å². The normalized spacial score (nSPS) is 11.4. The largest absolute Gasteiger partial charge is 0.298 e. The van der Waals surface area contributed by atoms with Gasteiger partial charge in [0.25, 0.3) is 0 Å². The lowest BCUT2D eigenvalue weighted by molar-refractivity contribution is 0.112.